The molecule has 2 aliphatic rings. The second-order valence-electron chi connectivity index (χ2n) is 8.30. The summed E-state index contributed by atoms with van der Waals surface area (Å²) in [4.78, 5) is 38.8. The number of anilines is 1. The van der Waals surface area contributed by atoms with Gasteiger partial charge >= 0.3 is 0 Å². The first-order valence-corrected chi connectivity index (χ1v) is 11.7. The summed E-state index contributed by atoms with van der Waals surface area (Å²) in [6, 6.07) is 4.74. The molecule has 1 aliphatic heterocycles. The number of carbonyl (C=O) groups excluding carboxylic acids is 2. The SMILES string of the molecule is COc1cc(C(=O)N2CCOCC2)ccc1-c1nc2c(N[C@@H]3C=C=C=C[C@@H]3C(N)=O)c(Cl)cnc2[nH]1. The van der Waals surface area contributed by atoms with Gasteiger partial charge in [0.25, 0.3) is 5.91 Å². The summed E-state index contributed by atoms with van der Waals surface area (Å²) in [5.74, 6) is -0.247. The summed E-state index contributed by atoms with van der Waals surface area (Å²) < 4.78 is 10.9. The molecule has 0 saturated carbocycles. The molecule has 36 heavy (non-hydrogen) atoms. The van der Waals surface area contributed by atoms with E-state index in [2.05, 4.69) is 26.7 Å². The number of pyridine rings is 1. The van der Waals surface area contributed by atoms with Crippen molar-refractivity contribution in [3.63, 3.8) is 0 Å². The first-order valence-electron chi connectivity index (χ1n) is 11.3. The number of hydrogen-bond donors (Lipinski definition) is 3. The number of amides is 2. The number of benzene rings is 1. The maximum absolute atomic E-state index is 12.9. The molecule has 2 aromatic heterocycles. The highest BCUT2D eigenvalue weighted by molar-refractivity contribution is 6.34. The quantitative estimate of drug-likeness (QED) is 0.437. The number of halogens is 1. The number of carbonyl (C=O) groups is 2. The normalized spacial score (nSPS) is 19.0. The average molecular weight is 507 g/mol. The standard InChI is InChI=1S/C25H23ClN6O4/c1-35-19-12-14(25(34)32-8-10-36-11-9-32)6-7-16(19)23-30-21-20(17(26)13-28-24(21)31-23)29-18-5-3-2-4-15(18)22(27)33/h4-7,12-13,15,18H,8-11H2,1H3,(H2,27,33)(H2,28,29,30,31)/t15-,18+/m0/s1. The smallest absolute Gasteiger partial charge is 0.254 e. The Morgan fingerprint density at radius 3 is 2.81 bits per heavy atom. The molecule has 10 nitrogen and oxygen atoms in total. The molecule has 1 aromatic carbocycles. The van der Waals surface area contributed by atoms with Crippen LogP contribution in [0.5, 0.6) is 5.75 Å². The largest absolute Gasteiger partial charge is 0.496 e. The third kappa shape index (κ3) is 4.46. The topological polar surface area (TPSA) is 135 Å². The van der Waals surface area contributed by atoms with Gasteiger partial charge in [0, 0.05) is 18.7 Å². The average Bonchev–Trinajstić information content (AvgIpc) is 3.34. The zero-order chi connectivity index (χ0) is 25.2. The number of aromatic amines is 1. The van der Waals surface area contributed by atoms with Gasteiger partial charge in [-0.2, -0.15) is 0 Å². The zero-order valence-electron chi connectivity index (χ0n) is 19.4. The number of ether oxygens (including phenoxy) is 2. The van der Waals surface area contributed by atoms with Crippen molar-refractivity contribution >= 4 is 40.3 Å². The van der Waals surface area contributed by atoms with Crippen LogP contribution >= 0.6 is 11.6 Å². The van der Waals surface area contributed by atoms with E-state index in [9.17, 15) is 9.59 Å². The van der Waals surface area contributed by atoms with Crippen molar-refractivity contribution in [3.05, 3.63) is 58.6 Å². The number of methoxy groups -OCH3 is 1. The predicted molar refractivity (Wildman–Crippen MR) is 134 cm³/mol. The summed E-state index contributed by atoms with van der Waals surface area (Å²) in [5.41, 5.74) is 13.8. The highest BCUT2D eigenvalue weighted by atomic mass is 35.5. The van der Waals surface area contributed by atoms with E-state index in [0.717, 1.165) is 0 Å². The Kier molecular flexibility index (Phi) is 6.50. The molecule has 5 rings (SSSR count). The molecule has 11 heteroatoms. The lowest BCUT2D eigenvalue weighted by molar-refractivity contribution is -0.120. The molecular weight excluding hydrogens is 484 g/mol. The van der Waals surface area contributed by atoms with Gasteiger partial charge in [0.2, 0.25) is 5.91 Å². The highest BCUT2D eigenvalue weighted by Crippen LogP contribution is 2.35. The third-order valence-electron chi connectivity index (χ3n) is 6.10. The van der Waals surface area contributed by atoms with Crippen LogP contribution in [-0.4, -0.2) is 71.1 Å². The number of H-pyrrole nitrogens is 1. The van der Waals surface area contributed by atoms with E-state index < -0.39 is 17.9 Å². The van der Waals surface area contributed by atoms with E-state index in [1.54, 1.807) is 35.3 Å². The van der Waals surface area contributed by atoms with E-state index in [0.29, 0.717) is 70.9 Å². The summed E-state index contributed by atoms with van der Waals surface area (Å²) in [5, 5.41) is 3.57. The van der Waals surface area contributed by atoms with Crippen LogP contribution in [0.4, 0.5) is 5.69 Å². The molecule has 4 N–H and O–H groups in total. The van der Waals surface area contributed by atoms with E-state index in [4.69, 9.17) is 31.8 Å². The minimum Gasteiger partial charge on any atom is -0.496 e. The second kappa shape index (κ2) is 9.89. The third-order valence-corrected chi connectivity index (χ3v) is 6.39. The minimum atomic E-state index is -0.624. The molecule has 184 valence electrons. The van der Waals surface area contributed by atoms with Gasteiger partial charge in [-0.05, 0) is 30.4 Å². The molecule has 0 spiro atoms. The molecule has 1 saturated heterocycles. The van der Waals surface area contributed by atoms with Crippen LogP contribution in [0, 0.1) is 5.92 Å². The number of morpholine rings is 1. The maximum atomic E-state index is 12.9. The molecule has 3 aromatic rings. The number of primary amides is 1. The maximum Gasteiger partial charge on any atom is 0.254 e. The van der Waals surface area contributed by atoms with Gasteiger partial charge < -0.3 is 30.4 Å². The van der Waals surface area contributed by atoms with E-state index >= 15 is 0 Å². The fraction of sp³-hybridized carbons (Fsp3) is 0.280. The number of rotatable bonds is 6. The number of aromatic nitrogens is 3. The molecule has 2 amide bonds. The number of hydrogen-bond acceptors (Lipinski definition) is 7. The molecule has 0 bridgehead atoms. The Morgan fingerprint density at radius 2 is 2.06 bits per heavy atom. The lowest BCUT2D eigenvalue weighted by atomic mass is 9.96. The van der Waals surface area contributed by atoms with Crippen LogP contribution < -0.4 is 15.8 Å². The van der Waals surface area contributed by atoms with Crippen molar-refractivity contribution in [2.45, 2.75) is 6.04 Å². The number of nitrogens with two attached hydrogens (primary N) is 1. The van der Waals surface area contributed by atoms with Crippen LogP contribution in [0.15, 0.2) is 48.0 Å². The summed E-state index contributed by atoms with van der Waals surface area (Å²) >= 11 is 6.46. The van der Waals surface area contributed by atoms with Crippen LogP contribution in [0.2, 0.25) is 5.02 Å². The molecule has 0 unspecified atom stereocenters. The van der Waals surface area contributed by atoms with E-state index in [1.807, 2.05) is 0 Å². The van der Waals surface area contributed by atoms with Crippen molar-refractivity contribution < 1.29 is 19.1 Å². The monoisotopic (exact) mass is 506 g/mol. The highest BCUT2D eigenvalue weighted by Gasteiger charge is 2.26. The van der Waals surface area contributed by atoms with Gasteiger partial charge in [0.15, 0.2) is 5.65 Å². The van der Waals surface area contributed by atoms with Crippen LogP contribution in [0.1, 0.15) is 10.4 Å². The molecular formula is C25H23ClN6O4. The Balaban J connectivity index is 1.49. The Bertz CT molecular complexity index is 1450. The Labute approximate surface area is 211 Å². The van der Waals surface area contributed by atoms with Gasteiger partial charge in [-0.15, -0.1) is 0 Å². The number of imidazole rings is 1. The van der Waals surface area contributed by atoms with Crippen LogP contribution in [-0.2, 0) is 9.53 Å². The first-order chi connectivity index (χ1) is 17.5. The molecule has 3 heterocycles. The predicted octanol–water partition coefficient (Wildman–Crippen LogP) is 2.52. The molecule has 2 atom stereocenters. The van der Waals surface area contributed by atoms with Gasteiger partial charge in [-0.3, -0.25) is 9.59 Å². The van der Waals surface area contributed by atoms with Crippen LogP contribution in [0.3, 0.4) is 0 Å². The van der Waals surface area contributed by atoms with Crippen molar-refractivity contribution in [2.24, 2.45) is 11.7 Å². The van der Waals surface area contributed by atoms with Gasteiger partial charge in [0.05, 0.1) is 54.8 Å². The molecule has 1 fully saturated rings. The van der Waals surface area contributed by atoms with Crippen molar-refractivity contribution in [2.75, 3.05) is 38.7 Å². The lowest BCUT2D eigenvalue weighted by Crippen LogP contribution is -2.40. The Hall–Kier alpha value is -4.07. The van der Waals surface area contributed by atoms with Crippen molar-refractivity contribution in [3.8, 4) is 17.1 Å². The lowest BCUT2D eigenvalue weighted by Gasteiger charge is -2.27. The summed E-state index contributed by atoms with van der Waals surface area (Å²) in [7, 11) is 1.53. The minimum absolute atomic E-state index is 0.0830. The van der Waals surface area contributed by atoms with Crippen molar-refractivity contribution in [1.29, 1.82) is 0 Å². The summed E-state index contributed by atoms with van der Waals surface area (Å²) in [6.07, 6.45) is 4.72. The van der Waals surface area contributed by atoms with Gasteiger partial charge in [-0.25, -0.2) is 9.97 Å². The molecule has 1 aliphatic carbocycles. The van der Waals surface area contributed by atoms with Crippen molar-refractivity contribution in [1.82, 2.24) is 19.9 Å². The zero-order valence-corrected chi connectivity index (χ0v) is 20.1. The van der Waals surface area contributed by atoms with Gasteiger partial charge in [-0.1, -0.05) is 23.1 Å². The van der Waals surface area contributed by atoms with E-state index in [1.165, 1.54) is 13.3 Å². The first kappa shape index (κ1) is 23.7. The number of nitrogens with zero attached hydrogens (tertiary/aromatic N) is 3. The number of nitrogens with one attached hydrogen (secondary N) is 2. The van der Waals surface area contributed by atoms with E-state index in [-0.39, 0.29) is 5.91 Å². The second-order valence-corrected chi connectivity index (χ2v) is 8.71. The fourth-order valence-electron chi connectivity index (χ4n) is 4.20. The Morgan fingerprint density at radius 1 is 1.28 bits per heavy atom. The molecule has 0 radical (unpaired) electrons. The summed E-state index contributed by atoms with van der Waals surface area (Å²) in [6.45, 7) is 2.14. The number of fused-ring (bicyclic) bond motifs is 1. The fourth-order valence-corrected chi connectivity index (χ4v) is 4.40. The van der Waals surface area contributed by atoms with Crippen LogP contribution in [0.25, 0.3) is 22.6 Å². The van der Waals surface area contributed by atoms with Gasteiger partial charge in [0.1, 0.15) is 17.1 Å².